The van der Waals surface area contributed by atoms with Gasteiger partial charge in [0.2, 0.25) is 5.91 Å². The van der Waals surface area contributed by atoms with E-state index in [4.69, 9.17) is 4.74 Å². The van der Waals surface area contributed by atoms with Crippen molar-refractivity contribution in [1.29, 1.82) is 0 Å². The van der Waals surface area contributed by atoms with Gasteiger partial charge >= 0.3 is 0 Å². The van der Waals surface area contributed by atoms with Crippen LogP contribution in [0.2, 0.25) is 0 Å². The molecule has 0 aliphatic heterocycles. The van der Waals surface area contributed by atoms with Crippen molar-refractivity contribution >= 4 is 27.8 Å². The SMILES string of the molecule is COc1ccc(-c2[nH]c3ccccc3c2CCC(=O)NCCn2c(C)nc3ccccc32)cc1. The maximum Gasteiger partial charge on any atom is 0.220 e. The van der Waals surface area contributed by atoms with E-state index in [1.165, 1.54) is 0 Å². The Balaban J connectivity index is 1.27. The van der Waals surface area contributed by atoms with Gasteiger partial charge in [0.25, 0.3) is 0 Å². The van der Waals surface area contributed by atoms with Crippen molar-refractivity contribution in [3.8, 4) is 17.0 Å². The average Bonchev–Trinajstić information content (AvgIpc) is 3.40. The normalized spacial score (nSPS) is 11.2. The number of imidazole rings is 1. The zero-order valence-electron chi connectivity index (χ0n) is 19.5. The molecule has 0 bridgehead atoms. The van der Waals surface area contributed by atoms with E-state index in [1.807, 2.05) is 61.5 Å². The van der Waals surface area contributed by atoms with Gasteiger partial charge in [-0.05, 0) is 66.9 Å². The van der Waals surface area contributed by atoms with E-state index in [2.05, 4.69) is 38.1 Å². The number of benzene rings is 3. The van der Waals surface area contributed by atoms with Crippen molar-refractivity contribution in [1.82, 2.24) is 19.9 Å². The van der Waals surface area contributed by atoms with Crippen LogP contribution >= 0.6 is 0 Å². The number of H-pyrrole nitrogens is 1. The molecule has 172 valence electrons. The van der Waals surface area contributed by atoms with E-state index < -0.39 is 0 Å². The summed E-state index contributed by atoms with van der Waals surface area (Å²) in [4.78, 5) is 20.9. The number of carbonyl (C=O) groups excluding carboxylic acids is 1. The van der Waals surface area contributed by atoms with Crippen LogP contribution in [0.3, 0.4) is 0 Å². The third kappa shape index (κ3) is 4.27. The van der Waals surface area contributed by atoms with Crippen molar-refractivity contribution in [2.45, 2.75) is 26.3 Å². The summed E-state index contributed by atoms with van der Waals surface area (Å²) in [5.41, 5.74) is 6.44. The number of amides is 1. The van der Waals surface area contributed by atoms with E-state index >= 15 is 0 Å². The lowest BCUT2D eigenvalue weighted by atomic mass is 10.0. The first-order chi connectivity index (χ1) is 16.6. The van der Waals surface area contributed by atoms with Gasteiger partial charge in [0.05, 0.1) is 18.1 Å². The summed E-state index contributed by atoms with van der Waals surface area (Å²) in [5, 5.41) is 4.24. The van der Waals surface area contributed by atoms with Gasteiger partial charge in [-0.15, -0.1) is 0 Å². The maximum atomic E-state index is 12.7. The zero-order chi connectivity index (χ0) is 23.5. The number of ether oxygens (including phenoxy) is 1. The van der Waals surface area contributed by atoms with E-state index in [0.717, 1.165) is 50.3 Å². The largest absolute Gasteiger partial charge is 0.497 e. The van der Waals surface area contributed by atoms with Gasteiger partial charge in [-0.3, -0.25) is 4.79 Å². The third-order valence-corrected chi connectivity index (χ3v) is 6.30. The summed E-state index contributed by atoms with van der Waals surface area (Å²) in [5.74, 6) is 1.83. The Labute approximate surface area is 198 Å². The smallest absolute Gasteiger partial charge is 0.220 e. The van der Waals surface area contributed by atoms with Gasteiger partial charge in [-0.25, -0.2) is 4.98 Å². The monoisotopic (exact) mass is 452 g/mol. The molecule has 0 radical (unpaired) electrons. The van der Waals surface area contributed by atoms with Crippen LogP contribution < -0.4 is 10.1 Å². The fourth-order valence-electron chi connectivity index (χ4n) is 4.58. The zero-order valence-corrected chi connectivity index (χ0v) is 19.5. The molecule has 5 rings (SSSR count). The first-order valence-corrected chi connectivity index (χ1v) is 11.6. The number of aryl methyl sites for hydroxylation is 2. The molecule has 0 saturated heterocycles. The van der Waals surface area contributed by atoms with Crippen LogP contribution in [0.5, 0.6) is 5.75 Å². The molecule has 2 heterocycles. The highest BCUT2D eigenvalue weighted by Gasteiger charge is 2.15. The second-order valence-corrected chi connectivity index (χ2v) is 8.40. The summed E-state index contributed by atoms with van der Waals surface area (Å²) >= 11 is 0. The number of rotatable bonds is 8. The predicted molar refractivity (Wildman–Crippen MR) is 136 cm³/mol. The average molecular weight is 453 g/mol. The lowest BCUT2D eigenvalue weighted by molar-refractivity contribution is -0.121. The van der Waals surface area contributed by atoms with Crippen LogP contribution in [-0.4, -0.2) is 34.1 Å². The fourth-order valence-corrected chi connectivity index (χ4v) is 4.58. The quantitative estimate of drug-likeness (QED) is 0.338. The molecule has 0 saturated carbocycles. The van der Waals surface area contributed by atoms with Crippen molar-refractivity contribution in [3.05, 3.63) is 84.2 Å². The Hall–Kier alpha value is -4.06. The number of hydrogen-bond acceptors (Lipinski definition) is 3. The van der Waals surface area contributed by atoms with E-state index in [-0.39, 0.29) is 5.91 Å². The van der Waals surface area contributed by atoms with Crippen molar-refractivity contribution < 1.29 is 9.53 Å². The lowest BCUT2D eigenvalue weighted by Gasteiger charge is -2.10. The molecule has 0 aliphatic carbocycles. The number of hydrogen-bond donors (Lipinski definition) is 2. The number of aromatic amines is 1. The number of nitrogens with zero attached hydrogens (tertiary/aromatic N) is 2. The summed E-state index contributed by atoms with van der Waals surface area (Å²) in [7, 11) is 1.67. The summed E-state index contributed by atoms with van der Waals surface area (Å²) in [6, 6.07) is 24.3. The molecule has 0 unspecified atom stereocenters. The molecule has 2 aromatic heterocycles. The minimum absolute atomic E-state index is 0.0491. The van der Waals surface area contributed by atoms with Crippen LogP contribution in [0.15, 0.2) is 72.8 Å². The van der Waals surface area contributed by atoms with Crippen LogP contribution in [0.4, 0.5) is 0 Å². The van der Waals surface area contributed by atoms with E-state index in [9.17, 15) is 4.79 Å². The highest BCUT2D eigenvalue weighted by atomic mass is 16.5. The van der Waals surface area contributed by atoms with Gasteiger partial charge in [0, 0.05) is 36.1 Å². The molecule has 3 aromatic carbocycles. The molecule has 2 N–H and O–H groups in total. The number of methoxy groups -OCH3 is 1. The topological polar surface area (TPSA) is 71.9 Å². The number of fused-ring (bicyclic) bond motifs is 2. The molecule has 6 nitrogen and oxygen atoms in total. The standard InChI is InChI=1S/C28H28N4O2/c1-19-30-25-9-5-6-10-26(25)32(19)18-17-29-27(33)16-15-23-22-7-3-4-8-24(22)31-28(23)20-11-13-21(34-2)14-12-20/h3-14,31H,15-18H2,1-2H3,(H,29,33). The Morgan fingerprint density at radius 1 is 1.03 bits per heavy atom. The molecule has 0 aliphatic rings. The fraction of sp³-hybridized carbons (Fsp3) is 0.214. The molecule has 34 heavy (non-hydrogen) atoms. The summed E-state index contributed by atoms with van der Waals surface area (Å²) < 4.78 is 7.45. The minimum atomic E-state index is 0.0491. The lowest BCUT2D eigenvalue weighted by Crippen LogP contribution is -2.27. The van der Waals surface area contributed by atoms with Gasteiger partial charge < -0.3 is 19.6 Å². The molecule has 0 fully saturated rings. The van der Waals surface area contributed by atoms with Crippen LogP contribution in [0.1, 0.15) is 17.8 Å². The minimum Gasteiger partial charge on any atom is -0.497 e. The Kier molecular flexibility index (Phi) is 6.04. The van der Waals surface area contributed by atoms with E-state index in [0.29, 0.717) is 25.9 Å². The van der Waals surface area contributed by atoms with Crippen LogP contribution in [0, 0.1) is 6.92 Å². The first kappa shape index (κ1) is 21.8. The Bertz CT molecular complexity index is 1450. The van der Waals surface area contributed by atoms with E-state index in [1.54, 1.807) is 7.11 Å². The van der Waals surface area contributed by atoms with Gasteiger partial charge in [0.1, 0.15) is 11.6 Å². The maximum absolute atomic E-state index is 12.7. The van der Waals surface area contributed by atoms with Crippen LogP contribution in [-0.2, 0) is 17.8 Å². The van der Waals surface area contributed by atoms with Crippen molar-refractivity contribution in [3.63, 3.8) is 0 Å². The first-order valence-electron chi connectivity index (χ1n) is 11.6. The van der Waals surface area contributed by atoms with Crippen LogP contribution in [0.25, 0.3) is 33.2 Å². The molecule has 0 atom stereocenters. The molecular formula is C28H28N4O2. The number of aromatic nitrogens is 3. The van der Waals surface area contributed by atoms with Crippen molar-refractivity contribution in [2.75, 3.05) is 13.7 Å². The van der Waals surface area contributed by atoms with Gasteiger partial charge in [-0.1, -0.05) is 30.3 Å². The summed E-state index contributed by atoms with van der Waals surface area (Å²) in [6.45, 7) is 3.26. The number of carbonyl (C=O) groups is 1. The number of nitrogens with one attached hydrogen (secondary N) is 2. The van der Waals surface area contributed by atoms with Crippen molar-refractivity contribution in [2.24, 2.45) is 0 Å². The second kappa shape index (κ2) is 9.43. The molecule has 0 spiro atoms. The Morgan fingerprint density at radius 2 is 1.79 bits per heavy atom. The second-order valence-electron chi connectivity index (χ2n) is 8.40. The highest BCUT2D eigenvalue weighted by Crippen LogP contribution is 2.32. The van der Waals surface area contributed by atoms with Gasteiger partial charge in [0.15, 0.2) is 0 Å². The highest BCUT2D eigenvalue weighted by molar-refractivity contribution is 5.91. The molecule has 6 heteroatoms. The number of para-hydroxylation sites is 3. The Morgan fingerprint density at radius 3 is 2.62 bits per heavy atom. The third-order valence-electron chi connectivity index (χ3n) is 6.30. The molecule has 5 aromatic rings. The predicted octanol–water partition coefficient (Wildman–Crippen LogP) is 5.25. The molecular weight excluding hydrogens is 424 g/mol. The van der Waals surface area contributed by atoms with Gasteiger partial charge in [-0.2, -0.15) is 0 Å². The summed E-state index contributed by atoms with van der Waals surface area (Å²) in [6.07, 6.45) is 1.08. The molecule has 1 amide bonds.